The summed E-state index contributed by atoms with van der Waals surface area (Å²) in [6.45, 7) is 7.45. The van der Waals surface area contributed by atoms with Crippen LogP contribution < -0.4 is 5.73 Å². The Labute approximate surface area is 130 Å². The Kier molecular flexibility index (Phi) is 5.64. The fraction of sp³-hybridized carbons (Fsp3) is 0.786. The van der Waals surface area contributed by atoms with Gasteiger partial charge in [0.1, 0.15) is 5.82 Å². The van der Waals surface area contributed by atoms with Crippen molar-refractivity contribution >= 4 is 17.7 Å². The SMILES string of the molecule is CCn1c(CN)nnc1SCC(=O)N1C(C)CCCC1C. The van der Waals surface area contributed by atoms with Crippen LogP contribution in [0.1, 0.15) is 45.9 Å². The zero-order valence-corrected chi connectivity index (χ0v) is 13.9. The average Bonchev–Trinajstić information content (AvgIpc) is 2.86. The van der Waals surface area contributed by atoms with Gasteiger partial charge in [0.05, 0.1) is 12.3 Å². The first-order valence-corrected chi connectivity index (χ1v) is 8.63. The normalized spacial score (nSPS) is 22.6. The van der Waals surface area contributed by atoms with E-state index in [1.807, 2.05) is 16.4 Å². The Hall–Kier alpha value is -1.08. The number of hydrogen-bond acceptors (Lipinski definition) is 5. The first-order valence-electron chi connectivity index (χ1n) is 7.64. The van der Waals surface area contributed by atoms with E-state index in [0.29, 0.717) is 24.4 Å². The van der Waals surface area contributed by atoms with Crippen LogP contribution in [0.5, 0.6) is 0 Å². The molecule has 0 aromatic carbocycles. The van der Waals surface area contributed by atoms with Crippen molar-refractivity contribution in [2.24, 2.45) is 5.73 Å². The van der Waals surface area contributed by atoms with Gasteiger partial charge in [-0.25, -0.2) is 0 Å². The second-order valence-corrected chi connectivity index (χ2v) is 6.51. The predicted molar refractivity (Wildman–Crippen MR) is 83.9 cm³/mol. The van der Waals surface area contributed by atoms with Gasteiger partial charge in [0.15, 0.2) is 5.16 Å². The van der Waals surface area contributed by atoms with E-state index >= 15 is 0 Å². The monoisotopic (exact) mass is 311 g/mol. The molecule has 7 heteroatoms. The summed E-state index contributed by atoms with van der Waals surface area (Å²) in [6, 6.07) is 0.677. The summed E-state index contributed by atoms with van der Waals surface area (Å²) < 4.78 is 1.97. The van der Waals surface area contributed by atoms with E-state index in [9.17, 15) is 4.79 Å². The number of rotatable bonds is 5. The van der Waals surface area contributed by atoms with Crippen LogP contribution in [-0.2, 0) is 17.9 Å². The molecule has 0 radical (unpaired) electrons. The maximum absolute atomic E-state index is 12.5. The van der Waals surface area contributed by atoms with Gasteiger partial charge in [0.2, 0.25) is 5.91 Å². The highest BCUT2D eigenvalue weighted by molar-refractivity contribution is 7.99. The maximum atomic E-state index is 12.5. The lowest BCUT2D eigenvalue weighted by atomic mass is 9.98. The van der Waals surface area contributed by atoms with Crippen LogP contribution in [0.2, 0.25) is 0 Å². The predicted octanol–water partition coefficient (Wildman–Crippen LogP) is 1.64. The molecule has 0 aliphatic carbocycles. The molecular formula is C14H25N5OS. The van der Waals surface area contributed by atoms with Crippen molar-refractivity contribution in [1.29, 1.82) is 0 Å². The third-order valence-electron chi connectivity index (χ3n) is 4.10. The molecule has 1 amide bonds. The summed E-state index contributed by atoms with van der Waals surface area (Å²) in [5, 5.41) is 8.99. The summed E-state index contributed by atoms with van der Waals surface area (Å²) in [6.07, 6.45) is 3.41. The smallest absolute Gasteiger partial charge is 0.233 e. The molecule has 21 heavy (non-hydrogen) atoms. The first-order chi connectivity index (χ1) is 10.1. The molecule has 2 rings (SSSR count). The second kappa shape index (κ2) is 7.26. The molecule has 2 unspecified atom stereocenters. The van der Waals surface area contributed by atoms with E-state index in [-0.39, 0.29) is 5.91 Å². The highest BCUT2D eigenvalue weighted by Gasteiger charge is 2.29. The second-order valence-electron chi connectivity index (χ2n) is 5.57. The summed E-state index contributed by atoms with van der Waals surface area (Å²) >= 11 is 1.46. The number of nitrogens with zero attached hydrogens (tertiary/aromatic N) is 4. The van der Waals surface area contributed by atoms with Crippen LogP contribution in [0.15, 0.2) is 5.16 Å². The van der Waals surface area contributed by atoms with Gasteiger partial charge in [0.25, 0.3) is 0 Å². The van der Waals surface area contributed by atoms with Crippen LogP contribution in [0.3, 0.4) is 0 Å². The van der Waals surface area contributed by atoms with Crippen molar-refractivity contribution in [2.75, 3.05) is 5.75 Å². The van der Waals surface area contributed by atoms with E-state index < -0.39 is 0 Å². The molecule has 1 saturated heterocycles. The molecule has 1 aromatic rings. The number of hydrogen-bond donors (Lipinski definition) is 1. The highest BCUT2D eigenvalue weighted by atomic mass is 32.2. The third-order valence-corrected chi connectivity index (χ3v) is 5.05. The topological polar surface area (TPSA) is 77.0 Å². The van der Waals surface area contributed by atoms with E-state index in [4.69, 9.17) is 5.73 Å². The Morgan fingerprint density at radius 3 is 2.57 bits per heavy atom. The molecule has 1 fully saturated rings. The molecule has 1 aliphatic rings. The number of carbonyl (C=O) groups excluding carboxylic acids is 1. The number of carbonyl (C=O) groups is 1. The van der Waals surface area contributed by atoms with Gasteiger partial charge < -0.3 is 15.2 Å². The molecule has 0 spiro atoms. The fourth-order valence-electron chi connectivity index (χ4n) is 3.01. The minimum atomic E-state index is 0.194. The number of amides is 1. The zero-order valence-electron chi connectivity index (χ0n) is 13.1. The summed E-state index contributed by atoms with van der Waals surface area (Å²) in [5.41, 5.74) is 5.64. The minimum absolute atomic E-state index is 0.194. The molecule has 1 aliphatic heterocycles. The number of thioether (sulfide) groups is 1. The van der Waals surface area contributed by atoms with E-state index in [1.165, 1.54) is 18.2 Å². The van der Waals surface area contributed by atoms with Gasteiger partial charge in [-0.1, -0.05) is 11.8 Å². The van der Waals surface area contributed by atoms with Crippen molar-refractivity contribution in [3.05, 3.63) is 5.82 Å². The average molecular weight is 311 g/mol. The van der Waals surface area contributed by atoms with E-state index in [1.54, 1.807) is 0 Å². The first kappa shape index (κ1) is 16.3. The van der Waals surface area contributed by atoms with Crippen molar-refractivity contribution in [2.45, 2.75) is 70.4 Å². The van der Waals surface area contributed by atoms with Gasteiger partial charge in [-0.15, -0.1) is 10.2 Å². The van der Waals surface area contributed by atoms with Crippen molar-refractivity contribution in [1.82, 2.24) is 19.7 Å². The van der Waals surface area contributed by atoms with Crippen molar-refractivity contribution in [3.8, 4) is 0 Å². The number of nitrogens with two attached hydrogens (primary N) is 1. The molecule has 2 N–H and O–H groups in total. The largest absolute Gasteiger partial charge is 0.337 e. The molecule has 2 heterocycles. The number of piperidine rings is 1. The summed E-state index contributed by atoms with van der Waals surface area (Å²) in [5.74, 6) is 1.38. The molecule has 0 saturated carbocycles. The molecule has 1 aromatic heterocycles. The molecule has 2 atom stereocenters. The van der Waals surface area contributed by atoms with Gasteiger partial charge in [-0.05, 0) is 40.0 Å². The van der Waals surface area contributed by atoms with Crippen LogP contribution in [-0.4, -0.2) is 43.4 Å². The lowest BCUT2D eigenvalue weighted by Gasteiger charge is -2.39. The summed E-state index contributed by atoms with van der Waals surface area (Å²) in [7, 11) is 0. The van der Waals surface area contributed by atoms with Crippen LogP contribution in [0, 0.1) is 0 Å². The van der Waals surface area contributed by atoms with E-state index in [2.05, 4.69) is 24.0 Å². The molecule has 6 nitrogen and oxygen atoms in total. The molecule has 118 valence electrons. The highest BCUT2D eigenvalue weighted by Crippen LogP contribution is 2.25. The zero-order chi connectivity index (χ0) is 15.4. The Bertz CT molecular complexity index is 480. The minimum Gasteiger partial charge on any atom is -0.337 e. The van der Waals surface area contributed by atoms with Crippen LogP contribution in [0.25, 0.3) is 0 Å². The number of likely N-dealkylation sites (tertiary alicyclic amines) is 1. The van der Waals surface area contributed by atoms with E-state index in [0.717, 1.165) is 30.4 Å². The maximum Gasteiger partial charge on any atom is 0.233 e. The summed E-state index contributed by atoms with van der Waals surface area (Å²) in [4.78, 5) is 14.5. The molecular weight excluding hydrogens is 286 g/mol. The standard InChI is InChI=1S/C14H25N5OS/c1-4-18-12(8-15)16-17-14(18)21-9-13(20)19-10(2)6-5-7-11(19)3/h10-11H,4-9,15H2,1-3H3. The Morgan fingerprint density at radius 2 is 2.00 bits per heavy atom. The Balaban J connectivity index is 1.99. The van der Waals surface area contributed by atoms with Crippen LogP contribution >= 0.6 is 11.8 Å². The quantitative estimate of drug-likeness (QED) is 0.837. The number of aromatic nitrogens is 3. The lowest BCUT2D eigenvalue weighted by Crippen LogP contribution is -2.48. The third kappa shape index (κ3) is 3.58. The van der Waals surface area contributed by atoms with Crippen molar-refractivity contribution < 1.29 is 4.79 Å². The van der Waals surface area contributed by atoms with Gasteiger partial charge >= 0.3 is 0 Å². The van der Waals surface area contributed by atoms with Gasteiger partial charge in [-0.3, -0.25) is 4.79 Å². The van der Waals surface area contributed by atoms with Crippen molar-refractivity contribution in [3.63, 3.8) is 0 Å². The van der Waals surface area contributed by atoms with Crippen LogP contribution in [0.4, 0.5) is 0 Å². The Morgan fingerprint density at radius 1 is 1.33 bits per heavy atom. The molecule has 0 bridgehead atoms. The fourth-order valence-corrected chi connectivity index (χ4v) is 3.90. The van der Waals surface area contributed by atoms with Gasteiger partial charge in [0, 0.05) is 18.6 Å². The van der Waals surface area contributed by atoms with Gasteiger partial charge in [-0.2, -0.15) is 0 Å². The lowest BCUT2D eigenvalue weighted by molar-refractivity contribution is -0.134.